The average Bonchev–Trinajstić information content (AvgIpc) is 1.83. The van der Waals surface area contributed by atoms with Gasteiger partial charge in [0, 0.05) is 11.2 Å². The van der Waals surface area contributed by atoms with E-state index in [1.807, 2.05) is 6.92 Å². The molecule has 0 aromatic carbocycles. The Bertz CT molecular complexity index is 204. The molecule has 3 heteroatoms. The van der Waals surface area contributed by atoms with Crippen LogP contribution in [0.5, 0.6) is 0 Å². The molecule has 0 bridgehead atoms. The zero-order valence-electron chi connectivity index (χ0n) is 4.86. The first-order valence-corrected chi connectivity index (χ1v) is 3.94. The molecule has 0 N–H and O–H groups in total. The first-order chi connectivity index (χ1) is 4.22. The summed E-state index contributed by atoms with van der Waals surface area (Å²) in [4.78, 5) is 4.04. The molecule has 0 fully saturated rings. The summed E-state index contributed by atoms with van der Waals surface area (Å²) in [5, 5.41) is 0.786. The summed E-state index contributed by atoms with van der Waals surface area (Å²) in [6.45, 7) is 1.96. The fourth-order valence-electron chi connectivity index (χ4n) is 0.489. The molecule has 48 valence electrons. The van der Waals surface area contributed by atoms with Crippen LogP contribution >= 0.6 is 34.2 Å². The van der Waals surface area contributed by atoms with Gasteiger partial charge in [0.25, 0.3) is 0 Å². The lowest BCUT2D eigenvalue weighted by molar-refractivity contribution is 1.21. The molecule has 0 saturated carbocycles. The van der Waals surface area contributed by atoms with E-state index in [-0.39, 0.29) is 0 Å². The second-order valence-corrected chi connectivity index (χ2v) is 3.14. The Labute approximate surface area is 72.6 Å². The summed E-state index contributed by atoms with van der Waals surface area (Å²) >= 11 is 7.92. The fraction of sp³-hybridized carbons (Fsp3) is 0.167. The van der Waals surface area contributed by atoms with Crippen LogP contribution in [0, 0.1) is 10.6 Å². The number of hydrogen-bond donors (Lipinski definition) is 0. The van der Waals surface area contributed by atoms with Gasteiger partial charge in [-0.2, -0.15) is 0 Å². The van der Waals surface area contributed by atoms with Crippen molar-refractivity contribution < 1.29 is 0 Å². The minimum Gasteiger partial charge on any atom is -0.250 e. The maximum atomic E-state index is 5.77. The molecule has 0 amide bonds. The zero-order chi connectivity index (χ0) is 6.85. The molecule has 1 aromatic rings. The Morgan fingerprint density at radius 1 is 1.67 bits per heavy atom. The van der Waals surface area contributed by atoms with Crippen LogP contribution in [0.4, 0.5) is 0 Å². The molecule has 9 heavy (non-hydrogen) atoms. The van der Waals surface area contributed by atoms with Crippen molar-refractivity contribution in [3.63, 3.8) is 0 Å². The van der Waals surface area contributed by atoms with E-state index in [4.69, 9.17) is 11.6 Å². The Morgan fingerprint density at radius 2 is 2.33 bits per heavy atom. The van der Waals surface area contributed by atoms with Gasteiger partial charge in [0.15, 0.2) is 0 Å². The second kappa shape index (κ2) is 2.84. The van der Waals surface area contributed by atoms with Crippen molar-refractivity contribution in [2.24, 2.45) is 0 Å². The minimum absolute atomic E-state index is 0.786. The predicted octanol–water partition coefficient (Wildman–Crippen LogP) is 2.65. The van der Waals surface area contributed by atoms with Crippen LogP contribution in [-0.4, -0.2) is 4.98 Å². The lowest BCUT2D eigenvalue weighted by atomic mass is 10.3. The quantitative estimate of drug-likeness (QED) is 0.512. The highest BCUT2D eigenvalue weighted by Crippen LogP contribution is 2.17. The molecule has 0 unspecified atom stereocenters. The summed E-state index contributed by atoms with van der Waals surface area (Å²) in [6.07, 6.45) is 1.71. The third-order valence-corrected chi connectivity index (χ3v) is 2.57. The summed E-state index contributed by atoms with van der Waals surface area (Å²) in [6, 6.07) is 1.79. The second-order valence-electron chi connectivity index (χ2n) is 1.71. The van der Waals surface area contributed by atoms with Gasteiger partial charge >= 0.3 is 0 Å². The van der Waals surface area contributed by atoms with Gasteiger partial charge in [-0.1, -0.05) is 11.6 Å². The molecule has 0 aliphatic heterocycles. The van der Waals surface area contributed by atoms with Gasteiger partial charge < -0.3 is 0 Å². The van der Waals surface area contributed by atoms with Gasteiger partial charge in [-0.3, -0.25) is 0 Å². The van der Waals surface area contributed by atoms with Crippen molar-refractivity contribution >= 4 is 34.2 Å². The molecular formula is C6H5ClIN. The number of aromatic nitrogens is 1. The number of halogens is 2. The van der Waals surface area contributed by atoms with E-state index < -0.39 is 0 Å². The summed E-state index contributed by atoms with van der Waals surface area (Å²) in [7, 11) is 0. The van der Waals surface area contributed by atoms with E-state index in [9.17, 15) is 0 Å². The largest absolute Gasteiger partial charge is 0.250 e. The van der Waals surface area contributed by atoms with E-state index in [0.29, 0.717) is 0 Å². The molecule has 0 spiro atoms. The summed E-state index contributed by atoms with van der Waals surface area (Å²) in [5.41, 5.74) is 1.06. The Hall–Kier alpha value is 0.170. The number of rotatable bonds is 0. The highest BCUT2D eigenvalue weighted by atomic mass is 127. The van der Waals surface area contributed by atoms with Gasteiger partial charge in [-0.05, 0) is 41.1 Å². The molecule has 1 rings (SSSR count). The van der Waals surface area contributed by atoms with Crippen LogP contribution in [0.25, 0.3) is 0 Å². The van der Waals surface area contributed by atoms with Gasteiger partial charge in [-0.15, -0.1) is 0 Å². The van der Waals surface area contributed by atoms with Crippen molar-refractivity contribution in [2.75, 3.05) is 0 Å². The van der Waals surface area contributed by atoms with Gasteiger partial charge in [0.1, 0.15) is 3.70 Å². The molecule has 0 aliphatic carbocycles. The van der Waals surface area contributed by atoms with E-state index in [1.165, 1.54) is 0 Å². The fourth-order valence-corrected chi connectivity index (χ4v) is 1.25. The molecule has 1 heterocycles. The standard InChI is InChI=1S/C6H5ClIN/c1-4-5(7)2-3-9-6(4)8/h2-3H,1H3. The Morgan fingerprint density at radius 3 is 2.78 bits per heavy atom. The van der Waals surface area contributed by atoms with E-state index in [1.54, 1.807) is 12.3 Å². The molecule has 0 atom stereocenters. The minimum atomic E-state index is 0.786. The van der Waals surface area contributed by atoms with Gasteiger partial charge in [0.2, 0.25) is 0 Å². The topological polar surface area (TPSA) is 12.9 Å². The smallest absolute Gasteiger partial charge is 0.105 e. The van der Waals surface area contributed by atoms with Crippen molar-refractivity contribution in [2.45, 2.75) is 6.92 Å². The maximum Gasteiger partial charge on any atom is 0.105 e. The average molecular weight is 253 g/mol. The number of hydrogen-bond acceptors (Lipinski definition) is 1. The third-order valence-electron chi connectivity index (χ3n) is 1.08. The van der Waals surface area contributed by atoms with Crippen LogP contribution in [0.3, 0.4) is 0 Å². The third kappa shape index (κ3) is 1.55. The van der Waals surface area contributed by atoms with E-state index >= 15 is 0 Å². The zero-order valence-corrected chi connectivity index (χ0v) is 7.77. The first-order valence-electron chi connectivity index (χ1n) is 2.48. The van der Waals surface area contributed by atoms with Crippen molar-refractivity contribution in [3.05, 3.63) is 26.5 Å². The lowest BCUT2D eigenvalue weighted by Gasteiger charge is -1.96. The van der Waals surface area contributed by atoms with Crippen LogP contribution in [0.15, 0.2) is 12.3 Å². The SMILES string of the molecule is Cc1c(Cl)ccnc1I. The first kappa shape index (κ1) is 7.28. The van der Waals surface area contributed by atoms with Crippen molar-refractivity contribution in [3.8, 4) is 0 Å². The molecule has 0 radical (unpaired) electrons. The lowest BCUT2D eigenvalue weighted by Crippen LogP contribution is -1.84. The van der Waals surface area contributed by atoms with Crippen molar-refractivity contribution in [1.82, 2.24) is 4.98 Å². The number of pyridine rings is 1. The van der Waals surface area contributed by atoms with Crippen LogP contribution in [-0.2, 0) is 0 Å². The molecule has 0 aliphatic rings. The van der Waals surface area contributed by atoms with E-state index in [2.05, 4.69) is 27.6 Å². The summed E-state index contributed by atoms with van der Waals surface area (Å²) in [5.74, 6) is 0. The van der Waals surface area contributed by atoms with Crippen molar-refractivity contribution in [1.29, 1.82) is 0 Å². The molecular weight excluding hydrogens is 248 g/mol. The Balaban J connectivity index is 3.25. The predicted molar refractivity (Wildman–Crippen MR) is 46.7 cm³/mol. The maximum absolute atomic E-state index is 5.77. The Kier molecular flexibility index (Phi) is 2.29. The summed E-state index contributed by atoms with van der Waals surface area (Å²) < 4.78 is 0.972. The normalized spacial score (nSPS) is 9.67. The molecule has 1 aromatic heterocycles. The van der Waals surface area contributed by atoms with Crippen LogP contribution in [0.1, 0.15) is 5.56 Å². The van der Waals surface area contributed by atoms with Gasteiger partial charge in [0.05, 0.1) is 0 Å². The van der Waals surface area contributed by atoms with Crippen LogP contribution < -0.4 is 0 Å². The highest BCUT2D eigenvalue weighted by Gasteiger charge is 1.97. The monoisotopic (exact) mass is 253 g/mol. The molecule has 1 nitrogen and oxygen atoms in total. The molecule has 0 saturated heterocycles. The van der Waals surface area contributed by atoms with Crippen LogP contribution in [0.2, 0.25) is 5.02 Å². The van der Waals surface area contributed by atoms with Gasteiger partial charge in [-0.25, -0.2) is 4.98 Å². The van der Waals surface area contributed by atoms with E-state index in [0.717, 1.165) is 14.3 Å². The highest BCUT2D eigenvalue weighted by molar-refractivity contribution is 14.1. The number of nitrogens with zero attached hydrogens (tertiary/aromatic N) is 1.